The van der Waals surface area contributed by atoms with Gasteiger partial charge < -0.3 is 19.9 Å². The summed E-state index contributed by atoms with van der Waals surface area (Å²) in [7, 11) is 3.15. The van der Waals surface area contributed by atoms with Gasteiger partial charge in [-0.15, -0.1) is 11.3 Å². The summed E-state index contributed by atoms with van der Waals surface area (Å²) in [5.41, 5.74) is 3.73. The van der Waals surface area contributed by atoms with Gasteiger partial charge in [0.2, 0.25) is 5.91 Å². The van der Waals surface area contributed by atoms with Gasteiger partial charge in [-0.25, -0.2) is 4.79 Å². The molecule has 3 aromatic rings. The fraction of sp³-hybridized carbons (Fsp3) is 0.217. The molecule has 1 aliphatic rings. The van der Waals surface area contributed by atoms with E-state index in [1.807, 2.05) is 37.3 Å². The van der Waals surface area contributed by atoms with E-state index in [-0.39, 0.29) is 23.1 Å². The third-order valence-corrected chi connectivity index (χ3v) is 6.54. The number of benzene rings is 2. The van der Waals surface area contributed by atoms with Crippen molar-refractivity contribution >= 4 is 28.9 Å². The number of hydrogen-bond acceptors (Lipinski definition) is 5. The molecular formula is C23H21NO5S. The molecule has 0 fully saturated rings. The quantitative estimate of drug-likeness (QED) is 0.609. The number of nitrogens with one attached hydrogen (secondary N) is 1. The Labute approximate surface area is 178 Å². The van der Waals surface area contributed by atoms with E-state index in [1.54, 1.807) is 26.4 Å². The van der Waals surface area contributed by atoms with Crippen LogP contribution in [0.3, 0.4) is 0 Å². The number of rotatable bonds is 5. The van der Waals surface area contributed by atoms with E-state index in [9.17, 15) is 14.7 Å². The van der Waals surface area contributed by atoms with Gasteiger partial charge in [0.25, 0.3) is 0 Å². The van der Waals surface area contributed by atoms with Crippen molar-refractivity contribution in [3.8, 4) is 22.6 Å². The Morgan fingerprint density at radius 1 is 1.13 bits per heavy atom. The highest BCUT2D eigenvalue weighted by molar-refractivity contribution is 7.15. The average Bonchev–Trinajstić information content (AvgIpc) is 3.13. The molecule has 4 rings (SSSR count). The second-order valence-corrected chi connectivity index (χ2v) is 8.18. The maximum absolute atomic E-state index is 12.7. The summed E-state index contributed by atoms with van der Waals surface area (Å²) in [6.45, 7) is 1.97. The number of methoxy groups -OCH3 is 2. The Morgan fingerprint density at radius 3 is 2.50 bits per heavy atom. The minimum atomic E-state index is -1.02. The molecule has 1 amide bonds. The predicted octanol–water partition coefficient (Wildman–Crippen LogP) is 4.91. The molecule has 0 saturated carbocycles. The maximum Gasteiger partial charge on any atom is 0.346 e. The Hall–Kier alpha value is -3.32. The molecule has 0 saturated heterocycles. The van der Waals surface area contributed by atoms with Crippen molar-refractivity contribution in [2.75, 3.05) is 19.5 Å². The molecule has 0 radical (unpaired) electrons. The molecule has 6 nitrogen and oxygen atoms in total. The van der Waals surface area contributed by atoms with Crippen LogP contribution in [0.4, 0.5) is 5.69 Å². The lowest BCUT2D eigenvalue weighted by Gasteiger charge is -2.25. The van der Waals surface area contributed by atoms with Crippen LogP contribution in [0.1, 0.15) is 38.0 Å². The molecule has 0 aliphatic carbocycles. The van der Waals surface area contributed by atoms with Crippen LogP contribution in [0.25, 0.3) is 11.1 Å². The Balaban J connectivity index is 1.95. The van der Waals surface area contributed by atoms with Gasteiger partial charge in [-0.2, -0.15) is 0 Å². The molecule has 30 heavy (non-hydrogen) atoms. The van der Waals surface area contributed by atoms with Crippen LogP contribution in [-0.4, -0.2) is 31.2 Å². The fourth-order valence-electron chi connectivity index (χ4n) is 3.80. The number of aromatic carboxylic acids is 1. The minimum Gasteiger partial charge on any atom is -0.497 e. The summed E-state index contributed by atoms with van der Waals surface area (Å²) in [4.78, 5) is 25.7. The predicted molar refractivity (Wildman–Crippen MR) is 116 cm³/mol. The number of anilines is 1. The number of carboxylic acids is 1. The molecule has 0 bridgehead atoms. The van der Waals surface area contributed by atoms with Crippen LogP contribution in [0, 0.1) is 6.92 Å². The minimum absolute atomic E-state index is 0.166. The number of aryl methyl sites for hydroxylation is 1. The zero-order chi connectivity index (χ0) is 21.4. The maximum atomic E-state index is 12.7. The van der Waals surface area contributed by atoms with Gasteiger partial charge in [-0.3, -0.25) is 4.79 Å². The molecule has 0 spiro atoms. The van der Waals surface area contributed by atoms with Crippen LogP contribution in [0.15, 0.2) is 42.5 Å². The van der Waals surface area contributed by atoms with Gasteiger partial charge in [0, 0.05) is 28.3 Å². The molecule has 2 N–H and O–H groups in total. The molecule has 2 heterocycles. The first-order chi connectivity index (χ1) is 14.4. The normalized spacial score (nSPS) is 15.3. The van der Waals surface area contributed by atoms with Crippen LogP contribution in [-0.2, 0) is 4.79 Å². The highest BCUT2D eigenvalue weighted by Gasteiger charge is 2.35. The van der Waals surface area contributed by atoms with Crippen LogP contribution >= 0.6 is 11.3 Å². The van der Waals surface area contributed by atoms with E-state index in [0.717, 1.165) is 21.6 Å². The lowest BCUT2D eigenvalue weighted by Crippen LogP contribution is -2.22. The van der Waals surface area contributed by atoms with Gasteiger partial charge in [0.1, 0.15) is 16.4 Å². The number of carboxylic acid groups (broad SMARTS) is 1. The van der Waals surface area contributed by atoms with E-state index in [4.69, 9.17) is 9.47 Å². The number of carbonyl (C=O) groups excluding carboxylic acids is 1. The van der Waals surface area contributed by atoms with Gasteiger partial charge in [0.05, 0.1) is 19.9 Å². The lowest BCUT2D eigenvalue weighted by atomic mass is 9.88. The molecule has 2 aromatic carbocycles. The highest BCUT2D eigenvalue weighted by Crippen LogP contribution is 2.51. The summed E-state index contributed by atoms with van der Waals surface area (Å²) in [6, 6.07) is 13.1. The van der Waals surface area contributed by atoms with Gasteiger partial charge in [-0.05, 0) is 30.7 Å². The van der Waals surface area contributed by atoms with Crippen molar-refractivity contribution in [1.29, 1.82) is 0 Å². The molecular weight excluding hydrogens is 402 g/mol. The van der Waals surface area contributed by atoms with E-state index < -0.39 is 5.97 Å². The summed E-state index contributed by atoms with van der Waals surface area (Å²) < 4.78 is 10.9. The van der Waals surface area contributed by atoms with Crippen molar-refractivity contribution < 1.29 is 24.2 Å². The Morgan fingerprint density at radius 2 is 1.87 bits per heavy atom. The zero-order valence-corrected chi connectivity index (χ0v) is 17.6. The monoisotopic (exact) mass is 423 g/mol. The van der Waals surface area contributed by atoms with Crippen LogP contribution < -0.4 is 14.8 Å². The van der Waals surface area contributed by atoms with E-state index in [1.165, 1.54) is 11.3 Å². The number of carbonyl (C=O) groups is 2. The Bertz CT molecular complexity index is 1130. The lowest BCUT2D eigenvalue weighted by molar-refractivity contribution is -0.116. The summed E-state index contributed by atoms with van der Waals surface area (Å²) in [6.07, 6.45) is 0.198. The first-order valence-electron chi connectivity index (χ1n) is 9.41. The van der Waals surface area contributed by atoms with Crippen molar-refractivity contribution in [3.05, 3.63) is 63.3 Å². The summed E-state index contributed by atoms with van der Waals surface area (Å²) in [5, 5.41) is 12.8. The van der Waals surface area contributed by atoms with E-state index in [2.05, 4.69) is 5.32 Å². The molecule has 154 valence electrons. The van der Waals surface area contributed by atoms with Crippen molar-refractivity contribution in [1.82, 2.24) is 0 Å². The van der Waals surface area contributed by atoms with Gasteiger partial charge in [0.15, 0.2) is 0 Å². The summed E-state index contributed by atoms with van der Waals surface area (Å²) in [5.74, 6) is -0.243. The second-order valence-electron chi connectivity index (χ2n) is 7.13. The first kappa shape index (κ1) is 20.0. The second kappa shape index (κ2) is 7.84. The van der Waals surface area contributed by atoms with E-state index in [0.29, 0.717) is 22.7 Å². The number of amides is 1. The average molecular weight is 423 g/mol. The topological polar surface area (TPSA) is 84.9 Å². The third kappa shape index (κ3) is 3.41. The van der Waals surface area contributed by atoms with Crippen molar-refractivity contribution in [2.24, 2.45) is 0 Å². The standard InChI is InChI=1S/C23H21NO5S/c1-12-4-6-13(7-5-12)19-20-21(30-22(19)23(26)27)16(11-18(25)24-20)15-10-14(28-2)8-9-17(15)29-3/h4-10,16H,11H2,1-3H3,(H,24,25)(H,26,27). The molecule has 7 heteroatoms. The summed E-state index contributed by atoms with van der Waals surface area (Å²) >= 11 is 1.20. The Kier molecular flexibility index (Phi) is 5.22. The SMILES string of the molecule is COc1ccc(OC)c(C2CC(=O)Nc3c2sc(C(=O)O)c3-c2ccc(C)cc2)c1. The zero-order valence-electron chi connectivity index (χ0n) is 16.8. The van der Waals surface area contributed by atoms with Crippen molar-refractivity contribution in [2.45, 2.75) is 19.3 Å². The van der Waals surface area contributed by atoms with Gasteiger partial charge >= 0.3 is 5.97 Å². The number of thiophene rings is 1. The highest BCUT2D eigenvalue weighted by atomic mass is 32.1. The first-order valence-corrected chi connectivity index (χ1v) is 10.2. The smallest absolute Gasteiger partial charge is 0.346 e. The van der Waals surface area contributed by atoms with Crippen LogP contribution in [0.2, 0.25) is 0 Å². The molecule has 1 aromatic heterocycles. The number of hydrogen-bond donors (Lipinski definition) is 2. The third-order valence-electron chi connectivity index (χ3n) is 5.25. The van der Waals surface area contributed by atoms with Crippen molar-refractivity contribution in [3.63, 3.8) is 0 Å². The van der Waals surface area contributed by atoms with Gasteiger partial charge in [-0.1, -0.05) is 29.8 Å². The largest absolute Gasteiger partial charge is 0.497 e. The number of ether oxygens (including phenoxy) is 2. The van der Waals surface area contributed by atoms with Crippen LogP contribution in [0.5, 0.6) is 11.5 Å². The van der Waals surface area contributed by atoms with E-state index >= 15 is 0 Å². The molecule has 1 unspecified atom stereocenters. The molecule has 1 aliphatic heterocycles. The number of fused-ring (bicyclic) bond motifs is 1. The molecule has 1 atom stereocenters. The fourth-order valence-corrected chi connectivity index (χ4v) is 5.03.